The molecule has 4 nitrogen and oxygen atoms in total. The quantitative estimate of drug-likeness (QED) is 0.838. The molecule has 2 rings (SSSR count). The van der Waals surface area contributed by atoms with Crippen molar-refractivity contribution in [3.05, 3.63) is 48.0 Å². The molecule has 0 spiro atoms. The van der Waals surface area contributed by atoms with Gasteiger partial charge in [0.25, 0.3) is 0 Å². The second-order valence-corrected chi connectivity index (χ2v) is 4.41. The molecule has 0 aliphatic heterocycles. The predicted octanol–water partition coefficient (Wildman–Crippen LogP) is 3.33. The van der Waals surface area contributed by atoms with Gasteiger partial charge in [-0.2, -0.15) is 0 Å². The predicted molar refractivity (Wildman–Crippen MR) is 75.8 cm³/mol. The fourth-order valence-electron chi connectivity index (χ4n) is 1.86. The van der Waals surface area contributed by atoms with E-state index in [1.807, 2.05) is 6.92 Å². The topological polar surface area (TPSA) is 66.8 Å². The summed E-state index contributed by atoms with van der Waals surface area (Å²) in [7, 11) is 0. The minimum atomic E-state index is -0.421. The highest BCUT2D eigenvalue weighted by Crippen LogP contribution is 2.29. The molecule has 2 N–H and O–H groups in total. The van der Waals surface area contributed by atoms with Crippen molar-refractivity contribution in [2.75, 3.05) is 6.61 Å². The number of phenolic OH excluding ortho intramolecular Hbond substituents is 2. The number of carbonyl (C=O) groups excluding carboxylic acids is 1. The number of phenols is 2. The molecule has 0 atom stereocenters. The highest BCUT2D eigenvalue weighted by Gasteiger charge is 2.14. The third kappa shape index (κ3) is 3.09. The van der Waals surface area contributed by atoms with Crippen LogP contribution in [0.2, 0.25) is 0 Å². The fraction of sp³-hybridized carbons (Fsp3) is 0.188. The van der Waals surface area contributed by atoms with E-state index in [1.165, 1.54) is 30.3 Å². The van der Waals surface area contributed by atoms with Crippen molar-refractivity contribution in [1.29, 1.82) is 0 Å². The van der Waals surface area contributed by atoms with Crippen LogP contribution in [0.25, 0.3) is 11.1 Å². The van der Waals surface area contributed by atoms with E-state index in [0.29, 0.717) is 17.7 Å². The van der Waals surface area contributed by atoms with Crippen LogP contribution in [0, 0.1) is 0 Å². The molecule has 0 bridgehead atoms. The molecule has 0 aliphatic rings. The van der Waals surface area contributed by atoms with Gasteiger partial charge in [-0.3, -0.25) is 0 Å². The van der Waals surface area contributed by atoms with Crippen LogP contribution in [0.5, 0.6) is 11.5 Å². The van der Waals surface area contributed by atoms with Crippen LogP contribution in [0.1, 0.15) is 23.7 Å². The molecule has 0 heterocycles. The van der Waals surface area contributed by atoms with Gasteiger partial charge in [0, 0.05) is 0 Å². The minimum Gasteiger partial charge on any atom is -0.508 e. The van der Waals surface area contributed by atoms with Gasteiger partial charge in [0.15, 0.2) is 0 Å². The van der Waals surface area contributed by atoms with Crippen LogP contribution in [0.3, 0.4) is 0 Å². The summed E-state index contributed by atoms with van der Waals surface area (Å²) in [6.45, 7) is 2.28. The maximum atomic E-state index is 12.0. The minimum absolute atomic E-state index is 0.0696. The third-order valence-corrected chi connectivity index (χ3v) is 2.84. The Morgan fingerprint density at radius 2 is 1.70 bits per heavy atom. The summed E-state index contributed by atoms with van der Waals surface area (Å²) in [6.07, 6.45) is 0.748. The number of ether oxygens (including phenoxy) is 1. The largest absolute Gasteiger partial charge is 0.508 e. The van der Waals surface area contributed by atoms with E-state index in [9.17, 15) is 15.0 Å². The summed E-state index contributed by atoms with van der Waals surface area (Å²) in [5, 5.41) is 18.9. The Balaban J connectivity index is 2.42. The molecule has 0 aliphatic carbocycles. The van der Waals surface area contributed by atoms with Gasteiger partial charge >= 0.3 is 5.97 Å². The fourth-order valence-corrected chi connectivity index (χ4v) is 1.86. The van der Waals surface area contributed by atoms with E-state index >= 15 is 0 Å². The zero-order valence-electron chi connectivity index (χ0n) is 11.2. The number of hydrogen-bond donors (Lipinski definition) is 2. The van der Waals surface area contributed by atoms with Gasteiger partial charge in [-0.1, -0.05) is 19.1 Å². The van der Waals surface area contributed by atoms with Crippen molar-refractivity contribution in [1.82, 2.24) is 0 Å². The lowest BCUT2D eigenvalue weighted by molar-refractivity contribution is 0.0506. The molecule has 2 aromatic carbocycles. The maximum Gasteiger partial charge on any atom is 0.338 e. The number of rotatable bonds is 4. The molecular weight excluding hydrogens is 256 g/mol. The molecule has 0 fully saturated rings. The summed E-state index contributed by atoms with van der Waals surface area (Å²) in [5.74, 6) is -0.209. The Kier molecular flexibility index (Phi) is 4.25. The van der Waals surface area contributed by atoms with Crippen molar-refractivity contribution in [2.24, 2.45) is 0 Å². The van der Waals surface area contributed by atoms with Gasteiger partial charge in [0.05, 0.1) is 12.2 Å². The van der Waals surface area contributed by atoms with E-state index in [2.05, 4.69) is 0 Å². The lowest BCUT2D eigenvalue weighted by Gasteiger charge is -2.10. The van der Waals surface area contributed by atoms with Gasteiger partial charge in [-0.15, -0.1) is 0 Å². The zero-order valence-corrected chi connectivity index (χ0v) is 11.2. The van der Waals surface area contributed by atoms with Crippen molar-refractivity contribution < 1.29 is 19.7 Å². The SMILES string of the molecule is CCCOC(=O)c1ccc(O)cc1-c1ccc(O)cc1. The van der Waals surface area contributed by atoms with Crippen molar-refractivity contribution in [3.8, 4) is 22.6 Å². The summed E-state index contributed by atoms with van der Waals surface area (Å²) >= 11 is 0. The molecule has 104 valence electrons. The first-order chi connectivity index (χ1) is 9.61. The first-order valence-electron chi connectivity index (χ1n) is 6.41. The molecule has 0 radical (unpaired) electrons. The van der Waals surface area contributed by atoms with Crippen LogP contribution in [-0.4, -0.2) is 22.8 Å². The van der Waals surface area contributed by atoms with Crippen LogP contribution < -0.4 is 0 Å². The molecule has 0 amide bonds. The summed E-state index contributed by atoms with van der Waals surface area (Å²) < 4.78 is 5.13. The van der Waals surface area contributed by atoms with E-state index in [-0.39, 0.29) is 11.5 Å². The molecular formula is C16H16O4. The molecule has 0 unspecified atom stereocenters. The van der Waals surface area contributed by atoms with Gasteiger partial charge in [0.2, 0.25) is 0 Å². The van der Waals surface area contributed by atoms with Gasteiger partial charge in [-0.05, 0) is 47.9 Å². The number of benzene rings is 2. The molecule has 20 heavy (non-hydrogen) atoms. The number of esters is 1. The van der Waals surface area contributed by atoms with Crippen molar-refractivity contribution >= 4 is 5.97 Å². The lowest BCUT2D eigenvalue weighted by atomic mass is 9.99. The highest BCUT2D eigenvalue weighted by molar-refractivity contribution is 5.97. The van der Waals surface area contributed by atoms with Crippen LogP contribution in [0.4, 0.5) is 0 Å². The van der Waals surface area contributed by atoms with Crippen LogP contribution >= 0.6 is 0 Å². The second kappa shape index (κ2) is 6.10. The molecule has 0 saturated heterocycles. The monoisotopic (exact) mass is 272 g/mol. The normalized spacial score (nSPS) is 10.2. The second-order valence-electron chi connectivity index (χ2n) is 4.41. The average molecular weight is 272 g/mol. The van der Waals surface area contributed by atoms with E-state index in [0.717, 1.165) is 12.0 Å². The Labute approximate surface area is 117 Å². The number of aromatic hydroxyl groups is 2. The first kappa shape index (κ1) is 13.9. The Hall–Kier alpha value is -2.49. The zero-order chi connectivity index (χ0) is 14.5. The van der Waals surface area contributed by atoms with Crippen molar-refractivity contribution in [2.45, 2.75) is 13.3 Å². The summed E-state index contributed by atoms with van der Waals surface area (Å²) in [4.78, 5) is 12.0. The molecule has 2 aromatic rings. The molecule has 4 heteroatoms. The van der Waals surface area contributed by atoms with E-state index in [4.69, 9.17) is 4.74 Å². The summed E-state index contributed by atoms with van der Waals surface area (Å²) in [6, 6.07) is 10.9. The third-order valence-electron chi connectivity index (χ3n) is 2.84. The van der Waals surface area contributed by atoms with E-state index < -0.39 is 5.97 Å². The van der Waals surface area contributed by atoms with Crippen LogP contribution in [-0.2, 0) is 4.74 Å². The van der Waals surface area contributed by atoms with Gasteiger partial charge < -0.3 is 14.9 Å². The van der Waals surface area contributed by atoms with E-state index in [1.54, 1.807) is 12.1 Å². The lowest BCUT2D eigenvalue weighted by Crippen LogP contribution is -2.07. The van der Waals surface area contributed by atoms with Crippen LogP contribution in [0.15, 0.2) is 42.5 Å². The Bertz CT molecular complexity index is 602. The standard InChI is InChI=1S/C16H16O4/c1-2-9-20-16(19)14-8-7-13(18)10-15(14)11-3-5-12(17)6-4-11/h3-8,10,17-18H,2,9H2,1H3. The maximum absolute atomic E-state index is 12.0. The first-order valence-corrected chi connectivity index (χ1v) is 6.41. The number of carbonyl (C=O) groups is 1. The molecule has 0 aromatic heterocycles. The van der Waals surface area contributed by atoms with Gasteiger partial charge in [-0.25, -0.2) is 4.79 Å². The smallest absolute Gasteiger partial charge is 0.338 e. The van der Waals surface area contributed by atoms with Crippen molar-refractivity contribution in [3.63, 3.8) is 0 Å². The van der Waals surface area contributed by atoms with Gasteiger partial charge in [0.1, 0.15) is 11.5 Å². The average Bonchev–Trinajstić information content (AvgIpc) is 2.45. The Morgan fingerprint density at radius 1 is 1.05 bits per heavy atom. The summed E-state index contributed by atoms with van der Waals surface area (Å²) in [5.41, 5.74) is 1.69. The number of hydrogen-bond acceptors (Lipinski definition) is 4. The highest BCUT2D eigenvalue weighted by atomic mass is 16.5. The Morgan fingerprint density at radius 3 is 2.35 bits per heavy atom. The molecule has 0 saturated carbocycles.